The standard InChI is InChI=1S/C15H17N3O4/c1-4-16-12(19)8(2)17-13(20)9-5-6-10-11(7-9)15(22)18(3)14(10)21/h5-8H,4H2,1-3H3,(H,16,19)(H,17,20). The zero-order valence-electron chi connectivity index (χ0n) is 12.6. The van der Waals surface area contributed by atoms with Gasteiger partial charge in [0.1, 0.15) is 6.04 Å². The SMILES string of the molecule is CCNC(=O)C(C)NC(=O)c1ccc2c(c1)C(=O)N(C)C2=O. The maximum absolute atomic E-state index is 12.1. The molecule has 0 saturated carbocycles. The van der Waals surface area contributed by atoms with Crippen LogP contribution in [0.5, 0.6) is 0 Å². The molecule has 0 radical (unpaired) electrons. The van der Waals surface area contributed by atoms with E-state index in [2.05, 4.69) is 10.6 Å². The number of fused-ring (bicyclic) bond motifs is 1. The Morgan fingerprint density at radius 1 is 1.18 bits per heavy atom. The van der Waals surface area contributed by atoms with Gasteiger partial charge in [-0.3, -0.25) is 24.1 Å². The van der Waals surface area contributed by atoms with E-state index in [1.807, 2.05) is 0 Å². The van der Waals surface area contributed by atoms with Crippen molar-refractivity contribution in [3.05, 3.63) is 34.9 Å². The highest BCUT2D eigenvalue weighted by Gasteiger charge is 2.33. The molecule has 2 N–H and O–H groups in total. The number of amides is 4. The molecule has 0 spiro atoms. The molecule has 0 saturated heterocycles. The fraction of sp³-hybridized carbons (Fsp3) is 0.333. The highest BCUT2D eigenvalue weighted by atomic mass is 16.2. The van der Waals surface area contributed by atoms with Crippen molar-refractivity contribution in [3.8, 4) is 0 Å². The van der Waals surface area contributed by atoms with Crippen LogP contribution in [0.25, 0.3) is 0 Å². The molecule has 1 aliphatic heterocycles. The predicted molar refractivity (Wildman–Crippen MR) is 78.5 cm³/mol. The fourth-order valence-electron chi connectivity index (χ4n) is 2.18. The Kier molecular flexibility index (Phi) is 4.25. The first-order chi connectivity index (χ1) is 10.4. The summed E-state index contributed by atoms with van der Waals surface area (Å²) in [5.74, 6) is -1.59. The molecule has 0 bridgehead atoms. The number of imide groups is 1. The van der Waals surface area contributed by atoms with E-state index in [1.165, 1.54) is 25.2 Å². The number of carbonyl (C=O) groups excluding carboxylic acids is 4. The molecule has 2 rings (SSSR count). The van der Waals surface area contributed by atoms with Gasteiger partial charge >= 0.3 is 0 Å². The van der Waals surface area contributed by atoms with Crippen LogP contribution >= 0.6 is 0 Å². The van der Waals surface area contributed by atoms with Gasteiger partial charge in [0, 0.05) is 19.2 Å². The lowest BCUT2D eigenvalue weighted by Gasteiger charge is -2.13. The maximum Gasteiger partial charge on any atom is 0.261 e. The molecule has 7 heteroatoms. The number of carbonyl (C=O) groups is 4. The van der Waals surface area contributed by atoms with E-state index >= 15 is 0 Å². The molecular weight excluding hydrogens is 286 g/mol. The average molecular weight is 303 g/mol. The van der Waals surface area contributed by atoms with E-state index in [9.17, 15) is 19.2 Å². The molecule has 4 amide bonds. The normalized spacial score (nSPS) is 14.6. The Hall–Kier alpha value is -2.70. The zero-order valence-corrected chi connectivity index (χ0v) is 12.6. The van der Waals surface area contributed by atoms with Gasteiger partial charge in [0.15, 0.2) is 0 Å². The van der Waals surface area contributed by atoms with Crippen LogP contribution in [0.2, 0.25) is 0 Å². The van der Waals surface area contributed by atoms with Crippen molar-refractivity contribution in [1.82, 2.24) is 15.5 Å². The van der Waals surface area contributed by atoms with E-state index in [1.54, 1.807) is 13.8 Å². The topological polar surface area (TPSA) is 95.6 Å². The third-order valence-electron chi connectivity index (χ3n) is 3.44. The lowest BCUT2D eigenvalue weighted by Crippen LogP contribution is -2.44. The van der Waals surface area contributed by atoms with Gasteiger partial charge in [0.25, 0.3) is 17.7 Å². The van der Waals surface area contributed by atoms with Crippen LogP contribution < -0.4 is 10.6 Å². The Morgan fingerprint density at radius 2 is 1.82 bits per heavy atom. The largest absolute Gasteiger partial charge is 0.355 e. The van der Waals surface area contributed by atoms with E-state index in [0.29, 0.717) is 6.54 Å². The van der Waals surface area contributed by atoms with Crippen LogP contribution in [0.15, 0.2) is 18.2 Å². The number of benzene rings is 1. The van der Waals surface area contributed by atoms with Gasteiger partial charge in [-0.25, -0.2) is 0 Å². The molecule has 0 aliphatic carbocycles. The van der Waals surface area contributed by atoms with Crippen molar-refractivity contribution < 1.29 is 19.2 Å². The van der Waals surface area contributed by atoms with E-state index in [4.69, 9.17) is 0 Å². The Bertz CT molecular complexity index is 669. The molecule has 1 aliphatic rings. The smallest absolute Gasteiger partial charge is 0.261 e. The Labute approximate surface area is 127 Å². The van der Waals surface area contributed by atoms with Crippen molar-refractivity contribution >= 4 is 23.6 Å². The fourth-order valence-corrected chi connectivity index (χ4v) is 2.18. The number of hydrogen-bond acceptors (Lipinski definition) is 4. The summed E-state index contributed by atoms with van der Waals surface area (Å²) in [6, 6.07) is 3.59. The maximum atomic E-state index is 12.1. The van der Waals surface area contributed by atoms with Crippen molar-refractivity contribution in [1.29, 1.82) is 0 Å². The van der Waals surface area contributed by atoms with Crippen LogP contribution in [0, 0.1) is 0 Å². The van der Waals surface area contributed by atoms with Gasteiger partial charge < -0.3 is 10.6 Å². The molecule has 1 heterocycles. The number of nitrogens with zero attached hydrogens (tertiary/aromatic N) is 1. The summed E-state index contributed by atoms with van der Waals surface area (Å²) >= 11 is 0. The third-order valence-corrected chi connectivity index (χ3v) is 3.44. The number of nitrogens with one attached hydrogen (secondary N) is 2. The minimum Gasteiger partial charge on any atom is -0.355 e. The van der Waals surface area contributed by atoms with Gasteiger partial charge in [-0.2, -0.15) is 0 Å². The van der Waals surface area contributed by atoms with Crippen molar-refractivity contribution in [2.75, 3.05) is 13.6 Å². The lowest BCUT2D eigenvalue weighted by molar-refractivity contribution is -0.122. The van der Waals surface area contributed by atoms with Crippen molar-refractivity contribution in [2.24, 2.45) is 0 Å². The average Bonchev–Trinajstić information content (AvgIpc) is 2.72. The summed E-state index contributed by atoms with van der Waals surface area (Å²) in [6.07, 6.45) is 0. The number of hydrogen-bond donors (Lipinski definition) is 2. The summed E-state index contributed by atoms with van der Waals surface area (Å²) in [5, 5.41) is 5.15. The van der Waals surface area contributed by atoms with Crippen LogP contribution in [0.3, 0.4) is 0 Å². The van der Waals surface area contributed by atoms with Crippen molar-refractivity contribution in [2.45, 2.75) is 19.9 Å². The first-order valence-corrected chi connectivity index (χ1v) is 6.91. The summed E-state index contributed by atoms with van der Waals surface area (Å²) in [5.41, 5.74) is 0.706. The number of likely N-dealkylation sites (N-methyl/N-ethyl adjacent to an activating group) is 1. The van der Waals surface area contributed by atoms with Gasteiger partial charge in [-0.1, -0.05) is 0 Å². The second kappa shape index (κ2) is 5.97. The Morgan fingerprint density at radius 3 is 2.45 bits per heavy atom. The first kappa shape index (κ1) is 15.7. The van der Waals surface area contributed by atoms with Gasteiger partial charge in [0.2, 0.25) is 5.91 Å². The highest BCUT2D eigenvalue weighted by Crippen LogP contribution is 2.22. The van der Waals surface area contributed by atoms with Crippen LogP contribution in [-0.2, 0) is 4.79 Å². The molecule has 0 fully saturated rings. The molecule has 22 heavy (non-hydrogen) atoms. The zero-order chi connectivity index (χ0) is 16.4. The molecule has 7 nitrogen and oxygen atoms in total. The van der Waals surface area contributed by atoms with E-state index in [0.717, 1.165) is 4.90 Å². The second-order valence-electron chi connectivity index (χ2n) is 5.02. The minimum absolute atomic E-state index is 0.200. The lowest BCUT2D eigenvalue weighted by atomic mass is 10.1. The van der Waals surface area contributed by atoms with Crippen LogP contribution in [0.1, 0.15) is 44.9 Å². The number of rotatable bonds is 4. The molecular formula is C15H17N3O4. The van der Waals surface area contributed by atoms with Gasteiger partial charge in [0.05, 0.1) is 11.1 Å². The molecule has 1 unspecified atom stereocenters. The Balaban J connectivity index is 2.18. The molecule has 116 valence electrons. The molecule has 1 aromatic rings. The van der Waals surface area contributed by atoms with Crippen LogP contribution in [0.4, 0.5) is 0 Å². The minimum atomic E-state index is -0.694. The van der Waals surface area contributed by atoms with Gasteiger partial charge in [-0.15, -0.1) is 0 Å². The predicted octanol–water partition coefficient (Wildman–Crippen LogP) is 0.167. The van der Waals surface area contributed by atoms with Crippen molar-refractivity contribution in [3.63, 3.8) is 0 Å². The summed E-state index contributed by atoms with van der Waals surface area (Å²) in [6.45, 7) is 3.83. The quantitative estimate of drug-likeness (QED) is 0.775. The highest BCUT2D eigenvalue weighted by molar-refractivity contribution is 6.21. The van der Waals surface area contributed by atoms with Gasteiger partial charge in [-0.05, 0) is 32.0 Å². The summed E-state index contributed by atoms with van der Waals surface area (Å²) in [4.78, 5) is 48.4. The molecule has 1 atom stereocenters. The molecule has 0 aromatic heterocycles. The summed E-state index contributed by atoms with van der Waals surface area (Å²) in [7, 11) is 1.39. The third kappa shape index (κ3) is 2.69. The summed E-state index contributed by atoms with van der Waals surface area (Å²) < 4.78 is 0. The van der Waals surface area contributed by atoms with E-state index < -0.39 is 17.9 Å². The van der Waals surface area contributed by atoms with Crippen LogP contribution in [-0.4, -0.2) is 48.2 Å². The van der Waals surface area contributed by atoms with E-state index in [-0.39, 0.29) is 28.5 Å². The second-order valence-corrected chi connectivity index (χ2v) is 5.02. The monoisotopic (exact) mass is 303 g/mol. The molecule has 1 aromatic carbocycles. The first-order valence-electron chi connectivity index (χ1n) is 6.91.